The summed E-state index contributed by atoms with van der Waals surface area (Å²) in [6, 6.07) is 16.3. The average molecular weight is 374 g/mol. The van der Waals surface area contributed by atoms with Gasteiger partial charge in [-0.3, -0.25) is 4.79 Å². The summed E-state index contributed by atoms with van der Waals surface area (Å²) < 4.78 is 1.79. The first-order valence-electron chi connectivity index (χ1n) is 9.86. The zero-order chi connectivity index (χ0) is 19.5. The van der Waals surface area contributed by atoms with Gasteiger partial charge in [0.2, 0.25) is 0 Å². The predicted octanol–water partition coefficient (Wildman–Crippen LogP) is 3.64. The molecule has 0 radical (unpaired) electrons. The Morgan fingerprint density at radius 2 is 1.82 bits per heavy atom. The minimum atomic E-state index is -0.0534. The van der Waals surface area contributed by atoms with Crippen LogP contribution < -0.4 is 10.6 Å². The van der Waals surface area contributed by atoms with Crippen molar-refractivity contribution < 1.29 is 4.79 Å². The van der Waals surface area contributed by atoms with Gasteiger partial charge in [0.25, 0.3) is 5.91 Å². The van der Waals surface area contributed by atoms with Gasteiger partial charge >= 0.3 is 0 Å². The second-order valence-electron chi connectivity index (χ2n) is 7.47. The van der Waals surface area contributed by atoms with E-state index in [0.29, 0.717) is 5.56 Å². The smallest absolute Gasteiger partial charge is 0.255 e. The third-order valence-electron chi connectivity index (χ3n) is 5.43. The molecule has 0 aliphatic carbocycles. The van der Waals surface area contributed by atoms with Crippen molar-refractivity contribution in [3.8, 4) is 16.9 Å². The highest BCUT2D eigenvalue weighted by Gasteiger charge is 2.22. The maximum Gasteiger partial charge on any atom is 0.255 e. The fourth-order valence-corrected chi connectivity index (χ4v) is 3.58. The van der Waals surface area contributed by atoms with Crippen LogP contribution >= 0.6 is 0 Å². The van der Waals surface area contributed by atoms with Gasteiger partial charge in [0.1, 0.15) is 5.69 Å². The van der Waals surface area contributed by atoms with Gasteiger partial charge in [0.05, 0.1) is 11.3 Å². The van der Waals surface area contributed by atoms with E-state index in [2.05, 4.69) is 36.6 Å². The standard InChI is InChI=1S/C23H26N4O/c1-16-8-9-18(14-17(16)2)22-21(23(28)25-19-10-12-24-13-11-19)15-27(26-22)20-6-4-3-5-7-20/h3-9,14-15,19,24H,10-13H2,1-2H3,(H,25,28). The van der Waals surface area contributed by atoms with Gasteiger partial charge in [-0.05, 0) is 69.1 Å². The lowest BCUT2D eigenvalue weighted by Gasteiger charge is -2.23. The molecule has 0 spiro atoms. The molecule has 0 saturated carbocycles. The number of hydrogen-bond acceptors (Lipinski definition) is 3. The number of aryl methyl sites for hydroxylation is 2. The first kappa shape index (κ1) is 18.4. The summed E-state index contributed by atoms with van der Waals surface area (Å²) >= 11 is 0. The number of carbonyl (C=O) groups excluding carboxylic acids is 1. The fourth-order valence-electron chi connectivity index (χ4n) is 3.58. The number of piperidine rings is 1. The Labute approximate surface area is 165 Å². The lowest BCUT2D eigenvalue weighted by molar-refractivity contribution is 0.0930. The van der Waals surface area contributed by atoms with Crippen molar-refractivity contribution >= 4 is 5.91 Å². The topological polar surface area (TPSA) is 59.0 Å². The number of benzene rings is 2. The fraction of sp³-hybridized carbons (Fsp3) is 0.304. The van der Waals surface area contributed by atoms with Crippen LogP contribution in [0.5, 0.6) is 0 Å². The zero-order valence-corrected chi connectivity index (χ0v) is 16.4. The van der Waals surface area contributed by atoms with Gasteiger partial charge in [-0.1, -0.05) is 30.3 Å². The lowest BCUT2D eigenvalue weighted by atomic mass is 10.0. The van der Waals surface area contributed by atoms with E-state index >= 15 is 0 Å². The van der Waals surface area contributed by atoms with Crippen molar-refractivity contribution in [2.75, 3.05) is 13.1 Å². The number of carbonyl (C=O) groups is 1. The van der Waals surface area contributed by atoms with Crippen LogP contribution in [0.3, 0.4) is 0 Å². The molecule has 5 nitrogen and oxygen atoms in total. The number of hydrogen-bond donors (Lipinski definition) is 2. The summed E-state index contributed by atoms with van der Waals surface area (Å²) in [5.74, 6) is -0.0534. The quantitative estimate of drug-likeness (QED) is 0.733. The third-order valence-corrected chi connectivity index (χ3v) is 5.43. The third kappa shape index (κ3) is 3.85. The van der Waals surface area contributed by atoms with Crippen LogP contribution in [0.1, 0.15) is 34.3 Å². The largest absolute Gasteiger partial charge is 0.349 e. The molecule has 5 heteroatoms. The summed E-state index contributed by atoms with van der Waals surface area (Å²) in [6.45, 7) is 6.06. The number of nitrogens with zero attached hydrogens (tertiary/aromatic N) is 2. The number of aromatic nitrogens is 2. The summed E-state index contributed by atoms with van der Waals surface area (Å²) in [6.07, 6.45) is 3.76. The Hall–Kier alpha value is -2.92. The Morgan fingerprint density at radius 1 is 1.07 bits per heavy atom. The minimum Gasteiger partial charge on any atom is -0.349 e. The molecule has 0 unspecified atom stereocenters. The monoisotopic (exact) mass is 374 g/mol. The van der Waals surface area contributed by atoms with E-state index in [9.17, 15) is 4.79 Å². The van der Waals surface area contributed by atoms with Crippen LogP contribution in [0.2, 0.25) is 0 Å². The molecule has 1 aromatic heterocycles. The van der Waals surface area contributed by atoms with E-state index in [1.165, 1.54) is 11.1 Å². The number of nitrogens with one attached hydrogen (secondary N) is 2. The Balaban J connectivity index is 1.73. The van der Waals surface area contributed by atoms with Gasteiger partial charge < -0.3 is 10.6 Å². The number of para-hydroxylation sites is 1. The van der Waals surface area contributed by atoms with Gasteiger partial charge in [0.15, 0.2) is 0 Å². The molecule has 1 aliphatic heterocycles. The SMILES string of the molecule is Cc1ccc(-c2nn(-c3ccccc3)cc2C(=O)NC2CCNCC2)cc1C. The first-order valence-corrected chi connectivity index (χ1v) is 9.86. The van der Waals surface area contributed by atoms with Crippen LogP contribution in [-0.4, -0.2) is 34.8 Å². The van der Waals surface area contributed by atoms with E-state index in [1.54, 1.807) is 4.68 Å². The molecule has 0 bridgehead atoms. The maximum absolute atomic E-state index is 13.1. The summed E-state index contributed by atoms with van der Waals surface area (Å²) in [5, 5.41) is 11.3. The molecular formula is C23H26N4O. The van der Waals surface area contributed by atoms with Gasteiger partial charge in [-0.25, -0.2) is 4.68 Å². The molecule has 1 amide bonds. The van der Waals surface area contributed by atoms with Crippen molar-refractivity contribution in [3.63, 3.8) is 0 Å². The van der Waals surface area contributed by atoms with Crippen LogP contribution in [0, 0.1) is 13.8 Å². The Kier molecular flexibility index (Phi) is 5.26. The summed E-state index contributed by atoms with van der Waals surface area (Å²) in [5.41, 5.74) is 5.66. The summed E-state index contributed by atoms with van der Waals surface area (Å²) in [7, 11) is 0. The Bertz CT molecular complexity index is 972. The average Bonchev–Trinajstić information content (AvgIpc) is 3.17. The van der Waals surface area contributed by atoms with Crippen molar-refractivity contribution in [2.45, 2.75) is 32.7 Å². The van der Waals surface area contributed by atoms with Crippen LogP contribution in [0.25, 0.3) is 16.9 Å². The number of rotatable bonds is 4. The van der Waals surface area contributed by atoms with E-state index in [-0.39, 0.29) is 11.9 Å². The van der Waals surface area contributed by atoms with E-state index in [1.807, 2.05) is 42.6 Å². The van der Waals surface area contributed by atoms with Gasteiger partial charge in [-0.2, -0.15) is 5.10 Å². The van der Waals surface area contributed by atoms with Crippen molar-refractivity contribution in [3.05, 3.63) is 71.4 Å². The normalized spacial score (nSPS) is 14.8. The van der Waals surface area contributed by atoms with E-state index in [0.717, 1.165) is 42.9 Å². The lowest BCUT2D eigenvalue weighted by Crippen LogP contribution is -2.42. The second kappa shape index (κ2) is 7.98. The van der Waals surface area contributed by atoms with E-state index < -0.39 is 0 Å². The highest BCUT2D eigenvalue weighted by molar-refractivity contribution is 6.00. The maximum atomic E-state index is 13.1. The van der Waals surface area contributed by atoms with E-state index in [4.69, 9.17) is 5.10 Å². The molecule has 2 aromatic carbocycles. The molecule has 1 fully saturated rings. The zero-order valence-electron chi connectivity index (χ0n) is 16.4. The molecular weight excluding hydrogens is 348 g/mol. The highest BCUT2D eigenvalue weighted by Crippen LogP contribution is 2.26. The molecule has 1 aliphatic rings. The van der Waals surface area contributed by atoms with Crippen LogP contribution in [0.4, 0.5) is 0 Å². The Morgan fingerprint density at radius 3 is 2.54 bits per heavy atom. The highest BCUT2D eigenvalue weighted by atomic mass is 16.1. The molecule has 28 heavy (non-hydrogen) atoms. The second-order valence-corrected chi connectivity index (χ2v) is 7.47. The molecule has 2 heterocycles. The van der Waals surface area contributed by atoms with Crippen molar-refractivity contribution in [2.24, 2.45) is 0 Å². The molecule has 144 valence electrons. The van der Waals surface area contributed by atoms with Crippen molar-refractivity contribution in [1.29, 1.82) is 0 Å². The number of amides is 1. The molecule has 4 rings (SSSR count). The molecule has 3 aromatic rings. The van der Waals surface area contributed by atoms with Crippen LogP contribution in [0.15, 0.2) is 54.7 Å². The molecule has 1 saturated heterocycles. The van der Waals surface area contributed by atoms with Crippen molar-refractivity contribution in [1.82, 2.24) is 20.4 Å². The minimum absolute atomic E-state index is 0.0534. The van der Waals surface area contributed by atoms with Crippen LogP contribution in [-0.2, 0) is 0 Å². The predicted molar refractivity (Wildman–Crippen MR) is 112 cm³/mol. The van der Waals surface area contributed by atoms with Gasteiger partial charge in [0, 0.05) is 17.8 Å². The molecule has 2 N–H and O–H groups in total. The first-order chi connectivity index (χ1) is 13.6. The van der Waals surface area contributed by atoms with Gasteiger partial charge in [-0.15, -0.1) is 0 Å². The molecule has 0 atom stereocenters. The summed E-state index contributed by atoms with van der Waals surface area (Å²) in [4.78, 5) is 13.1.